The van der Waals surface area contributed by atoms with Crippen LogP contribution >= 0.6 is 11.8 Å². The molecule has 1 heterocycles. The van der Waals surface area contributed by atoms with Crippen LogP contribution in [-0.4, -0.2) is 29.2 Å². The van der Waals surface area contributed by atoms with Crippen molar-refractivity contribution in [1.29, 1.82) is 0 Å². The Balaban J connectivity index is 1.54. The third kappa shape index (κ3) is 4.36. The topological polar surface area (TPSA) is 55.8 Å². The third-order valence-corrected chi connectivity index (χ3v) is 6.49. The van der Waals surface area contributed by atoms with Crippen LogP contribution in [0.15, 0.2) is 65.6 Å². The first-order valence-electron chi connectivity index (χ1n) is 10.6. The molecule has 164 valence electrons. The van der Waals surface area contributed by atoms with E-state index in [1.165, 1.54) is 10.3 Å². The van der Waals surface area contributed by atoms with Crippen molar-refractivity contribution in [1.82, 2.24) is 4.90 Å². The standard InChI is InChI=1S/C26H25NO4S/c1-4-17(2)27-25(28)24(32-26(27)29)15-18-12-13-22(23(14-18)30-3)31-16-20-10-7-9-19-8-5-6-11-21(19)20/h5-15,17H,4,16H2,1-3H3/b24-15+/t17-/m0/s1. The van der Waals surface area contributed by atoms with Crippen LogP contribution < -0.4 is 9.47 Å². The molecule has 5 nitrogen and oxygen atoms in total. The molecular weight excluding hydrogens is 422 g/mol. The van der Waals surface area contributed by atoms with Crippen molar-refractivity contribution in [3.63, 3.8) is 0 Å². The number of imide groups is 1. The smallest absolute Gasteiger partial charge is 0.293 e. The minimum absolute atomic E-state index is 0.118. The highest BCUT2D eigenvalue weighted by Gasteiger charge is 2.37. The molecule has 2 amide bonds. The number of thioether (sulfide) groups is 1. The number of rotatable bonds is 7. The van der Waals surface area contributed by atoms with Crippen LogP contribution in [0.3, 0.4) is 0 Å². The zero-order valence-electron chi connectivity index (χ0n) is 18.3. The third-order valence-electron chi connectivity index (χ3n) is 5.60. The Labute approximate surface area is 192 Å². The second kappa shape index (κ2) is 9.49. The molecule has 1 saturated heterocycles. The van der Waals surface area contributed by atoms with Gasteiger partial charge in [0.05, 0.1) is 12.0 Å². The molecule has 0 radical (unpaired) electrons. The molecule has 1 aliphatic rings. The van der Waals surface area contributed by atoms with E-state index in [4.69, 9.17) is 9.47 Å². The summed E-state index contributed by atoms with van der Waals surface area (Å²) >= 11 is 0.973. The Bertz CT molecular complexity index is 1200. The quantitative estimate of drug-likeness (QED) is 0.400. The van der Waals surface area contributed by atoms with E-state index in [1.54, 1.807) is 13.2 Å². The van der Waals surface area contributed by atoms with Gasteiger partial charge in [0.15, 0.2) is 11.5 Å². The Morgan fingerprint density at radius 2 is 1.81 bits per heavy atom. The van der Waals surface area contributed by atoms with Gasteiger partial charge in [-0.25, -0.2) is 0 Å². The molecule has 0 saturated carbocycles. The lowest BCUT2D eigenvalue weighted by Gasteiger charge is -2.19. The molecule has 0 spiro atoms. The molecule has 32 heavy (non-hydrogen) atoms. The van der Waals surface area contributed by atoms with E-state index in [1.807, 2.05) is 50.2 Å². The zero-order chi connectivity index (χ0) is 22.7. The number of hydrogen-bond donors (Lipinski definition) is 0. The number of hydrogen-bond acceptors (Lipinski definition) is 5. The van der Waals surface area contributed by atoms with E-state index in [2.05, 4.69) is 24.3 Å². The highest BCUT2D eigenvalue weighted by atomic mass is 32.2. The maximum atomic E-state index is 12.7. The molecule has 0 aromatic heterocycles. The second-order valence-corrected chi connectivity index (χ2v) is 8.64. The van der Waals surface area contributed by atoms with E-state index in [9.17, 15) is 9.59 Å². The largest absolute Gasteiger partial charge is 0.493 e. The fourth-order valence-electron chi connectivity index (χ4n) is 3.66. The Hall–Kier alpha value is -3.25. The molecule has 0 N–H and O–H groups in total. The molecular formula is C26H25NO4S. The first-order chi connectivity index (χ1) is 15.5. The Morgan fingerprint density at radius 1 is 1.03 bits per heavy atom. The minimum atomic E-state index is -0.246. The average molecular weight is 448 g/mol. The first kappa shape index (κ1) is 22.0. The van der Waals surface area contributed by atoms with Crippen LogP contribution in [0.5, 0.6) is 11.5 Å². The van der Waals surface area contributed by atoms with Crippen molar-refractivity contribution in [3.8, 4) is 11.5 Å². The van der Waals surface area contributed by atoms with E-state index in [0.29, 0.717) is 23.0 Å². The molecule has 1 atom stereocenters. The predicted molar refractivity (Wildman–Crippen MR) is 129 cm³/mol. The van der Waals surface area contributed by atoms with Crippen molar-refractivity contribution in [2.24, 2.45) is 0 Å². The summed E-state index contributed by atoms with van der Waals surface area (Å²) in [5, 5.41) is 2.10. The van der Waals surface area contributed by atoms with Gasteiger partial charge in [-0.05, 0) is 65.2 Å². The maximum Gasteiger partial charge on any atom is 0.293 e. The molecule has 1 aliphatic heterocycles. The molecule has 1 fully saturated rings. The highest BCUT2D eigenvalue weighted by molar-refractivity contribution is 8.18. The van der Waals surface area contributed by atoms with Gasteiger partial charge in [0.2, 0.25) is 0 Å². The highest BCUT2D eigenvalue weighted by Crippen LogP contribution is 2.36. The van der Waals surface area contributed by atoms with Gasteiger partial charge in [0, 0.05) is 6.04 Å². The van der Waals surface area contributed by atoms with Crippen LogP contribution in [0.25, 0.3) is 16.8 Å². The summed E-state index contributed by atoms with van der Waals surface area (Å²) in [6.07, 6.45) is 2.45. The van der Waals surface area contributed by atoms with Crippen molar-refractivity contribution < 1.29 is 19.1 Å². The van der Waals surface area contributed by atoms with Gasteiger partial charge in [-0.2, -0.15) is 0 Å². The zero-order valence-corrected chi connectivity index (χ0v) is 19.1. The lowest BCUT2D eigenvalue weighted by Crippen LogP contribution is -2.36. The van der Waals surface area contributed by atoms with Gasteiger partial charge >= 0.3 is 0 Å². The van der Waals surface area contributed by atoms with Crippen LogP contribution in [0.1, 0.15) is 31.4 Å². The summed E-state index contributed by atoms with van der Waals surface area (Å²) in [5.41, 5.74) is 1.86. The Kier molecular flexibility index (Phi) is 6.51. The predicted octanol–water partition coefficient (Wildman–Crippen LogP) is 6.26. The van der Waals surface area contributed by atoms with Crippen LogP contribution in [0, 0.1) is 0 Å². The van der Waals surface area contributed by atoms with Crippen LogP contribution in [0.4, 0.5) is 4.79 Å². The fraction of sp³-hybridized carbons (Fsp3) is 0.231. The maximum absolute atomic E-state index is 12.7. The number of amides is 2. The Morgan fingerprint density at radius 3 is 2.59 bits per heavy atom. The summed E-state index contributed by atoms with van der Waals surface area (Å²) in [5.74, 6) is 0.940. The van der Waals surface area contributed by atoms with Gasteiger partial charge in [-0.15, -0.1) is 0 Å². The minimum Gasteiger partial charge on any atom is -0.493 e. The number of nitrogens with zero attached hydrogens (tertiary/aromatic N) is 1. The average Bonchev–Trinajstić information content (AvgIpc) is 3.10. The van der Waals surface area contributed by atoms with Gasteiger partial charge in [0.25, 0.3) is 11.1 Å². The van der Waals surface area contributed by atoms with Crippen molar-refractivity contribution in [2.75, 3.05) is 7.11 Å². The van der Waals surface area contributed by atoms with E-state index in [-0.39, 0.29) is 17.2 Å². The summed E-state index contributed by atoms with van der Waals surface area (Å²) in [4.78, 5) is 26.7. The SMILES string of the molecule is CC[C@H](C)N1C(=O)S/C(=C/c2ccc(OCc3cccc4ccccc34)c(OC)c2)C1=O. The van der Waals surface area contributed by atoms with Gasteiger partial charge < -0.3 is 9.47 Å². The van der Waals surface area contributed by atoms with E-state index < -0.39 is 0 Å². The molecule has 0 unspecified atom stereocenters. The number of methoxy groups -OCH3 is 1. The number of ether oxygens (including phenoxy) is 2. The summed E-state index contributed by atoms with van der Waals surface area (Å²) < 4.78 is 11.6. The van der Waals surface area contributed by atoms with Gasteiger partial charge in [-0.3, -0.25) is 14.5 Å². The van der Waals surface area contributed by atoms with Crippen LogP contribution in [0.2, 0.25) is 0 Å². The number of fused-ring (bicyclic) bond motifs is 1. The number of benzene rings is 3. The second-order valence-electron chi connectivity index (χ2n) is 7.65. The summed E-state index contributed by atoms with van der Waals surface area (Å²) in [6.45, 7) is 4.24. The first-order valence-corrected chi connectivity index (χ1v) is 11.4. The number of carbonyl (C=O) groups excluding carboxylic acids is 2. The molecule has 0 bridgehead atoms. The van der Waals surface area contributed by atoms with Crippen LogP contribution in [-0.2, 0) is 11.4 Å². The number of carbonyl (C=O) groups is 2. The molecule has 0 aliphatic carbocycles. The molecule has 3 aromatic carbocycles. The molecule has 3 aromatic rings. The molecule has 6 heteroatoms. The van der Waals surface area contributed by atoms with Gasteiger partial charge in [0.1, 0.15) is 6.61 Å². The lowest BCUT2D eigenvalue weighted by atomic mass is 10.1. The van der Waals surface area contributed by atoms with Crippen molar-refractivity contribution in [2.45, 2.75) is 32.9 Å². The van der Waals surface area contributed by atoms with Gasteiger partial charge in [-0.1, -0.05) is 55.5 Å². The normalized spacial score (nSPS) is 16.1. The summed E-state index contributed by atoms with van der Waals surface area (Å²) in [6, 6.07) is 19.7. The summed E-state index contributed by atoms with van der Waals surface area (Å²) in [7, 11) is 1.58. The molecule has 4 rings (SSSR count). The monoisotopic (exact) mass is 447 g/mol. The van der Waals surface area contributed by atoms with Crippen molar-refractivity contribution in [3.05, 3.63) is 76.7 Å². The lowest BCUT2D eigenvalue weighted by molar-refractivity contribution is -0.124. The van der Waals surface area contributed by atoms with Crippen molar-refractivity contribution >= 4 is 39.8 Å². The van der Waals surface area contributed by atoms with E-state index >= 15 is 0 Å². The fourth-order valence-corrected chi connectivity index (χ4v) is 4.59. The van der Waals surface area contributed by atoms with E-state index in [0.717, 1.165) is 34.7 Å².